The zero-order valence-corrected chi connectivity index (χ0v) is 10.4. The predicted octanol–water partition coefficient (Wildman–Crippen LogP) is 1.49. The first-order valence-corrected chi connectivity index (χ1v) is 6.09. The zero-order chi connectivity index (χ0) is 12.5. The van der Waals surface area contributed by atoms with Crippen molar-refractivity contribution in [1.82, 2.24) is 4.98 Å². The van der Waals surface area contributed by atoms with Crippen LogP contribution < -0.4 is 4.90 Å². The third-order valence-electron chi connectivity index (χ3n) is 3.24. The third kappa shape index (κ3) is 2.96. The van der Waals surface area contributed by atoms with Crippen LogP contribution in [-0.4, -0.2) is 33.9 Å². The van der Waals surface area contributed by atoms with Crippen molar-refractivity contribution in [2.45, 2.75) is 38.4 Å². The zero-order valence-electron chi connectivity index (χ0n) is 10.4. The molecule has 4 nitrogen and oxygen atoms in total. The fourth-order valence-electron chi connectivity index (χ4n) is 2.27. The lowest BCUT2D eigenvalue weighted by molar-refractivity contribution is 0.0449. The van der Waals surface area contributed by atoms with Gasteiger partial charge in [0.2, 0.25) is 0 Å². The molecule has 0 spiro atoms. The second kappa shape index (κ2) is 4.63. The van der Waals surface area contributed by atoms with Crippen LogP contribution in [0.4, 0.5) is 5.69 Å². The fraction of sp³-hybridized carbons (Fsp3) is 0.615. The summed E-state index contributed by atoms with van der Waals surface area (Å²) >= 11 is 0. The van der Waals surface area contributed by atoms with Crippen LogP contribution in [-0.2, 0) is 0 Å². The maximum absolute atomic E-state index is 10.0. The van der Waals surface area contributed by atoms with Crippen molar-refractivity contribution in [2.75, 3.05) is 18.0 Å². The molecule has 1 fully saturated rings. The van der Waals surface area contributed by atoms with Crippen LogP contribution in [0.25, 0.3) is 0 Å². The van der Waals surface area contributed by atoms with Gasteiger partial charge in [-0.25, -0.2) is 0 Å². The molecule has 1 aromatic heterocycles. The molecule has 0 aliphatic carbocycles. The van der Waals surface area contributed by atoms with Gasteiger partial charge in [-0.05, 0) is 38.8 Å². The molecule has 1 aromatic rings. The molecule has 0 bridgehead atoms. The number of β-amino-alcohol motifs (C(OH)–C–C–N with tert-alkyl or cyclic N) is 1. The van der Waals surface area contributed by atoms with Crippen molar-refractivity contribution in [3.05, 3.63) is 24.0 Å². The molecule has 4 heteroatoms. The highest BCUT2D eigenvalue weighted by molar-refractivity contribution is 5.45. The number of aliphatic hydroxyl groups is 2. The van der Waals surface area contributed by atoms with Crippen LogP contribution >= 0.6 is 0 Å². The summed E-state index contributed by atoms with van der Waals surface area (Å²) in [5.74, 6) is 0. The molecule has 94 valence electrons. The Morgan fingerprint density at radius 2 is 2.24 bits per heavy atom. The topological polar surface area (TPSA) is 56.6 Å². The summed E-state index contributed by atoms with van der Waals surface area (Å²) in [7, 11) is 0. The van der Waals surface area contributed by atoms with Crippen molar-refractivity contribution in [1.29, 1.82) is 0 Å². The maximum Gasteiger partial charge on any atom is 0.0931 e. The molecule has 0 amide bonds. The van der Waals surface area contributed by atoms with E-state index >= 15 is 0 Å². The average molecular weight is 236 g/mol. The minimum absolute atomic E-state index is 0.534. The number of nitrogens with zero attached hydrogens (tertiary/aromatic N) is 2. The molecule has 17 heavy (non-hydrogen) atoms. The highest BCUT2D eigenvalue weighted by Gasteiger charge is 2.28. The van der Waals surface area contributed by atoms with E-state index in [1.165, 1.54) is 0 Å². The smallest absolute Gasteiger partial charge is 0.0931 e. The SMILES string of the molecule is C[C@@H](O)c1ccc(N2CCCC(C)(O)C2)cn1. The van der Waals surface area contributed by atoms with E-state index in [1.54, 1.807) is 13.1 Å². The van der Waals surface area contributed by atoms with E-state index in [2.05, 4.69) is 9.88 Å². The molecule has 0 radical (unpaired) electrons. The molecule has 0 saturated carbocycles. The largest absolute Gasteiger partial charge is 0.388 e. The van der Waals surface area contributed by atoms with Crippen LogP contribution in [0, 0.1) is 0 Å². The van der Waals surface area contributed by atoms with Crippen molar-refractivity contribution in [3.63, 3.8) is 0 Å². The van der Waals surface area contributed by atoms with Gasteiger partial charge >= 0.3 is 0 Å². The Labute approximate surface area is 102 Å². The highest BCUT2D eigenvalue weighted by Crippen LogP contribution is 2.25. The number of aliphatic hydroxyl groups excluding tert-OH is 1. The van der Waals surface area contributed by atoms with Gasteiger partial charge in [0.1, 0.15) is 0 Å². The van der Waals surface area contributed by atoms with Gasteiger partial charge in [-0.1, -0.05) is 0 Å². The van der Waals surface area contributed by atoms with Gasteiger partial charge in [0.05, 0.1) is 29.3 Å². The molecule has 1 aliphatic rings. The Kier molecular flexibility index (Phi) is 3.35. The summed E-state index contributed by atoms with van der Waals surface area (Å²) in [6.07, 6.45) is 3.07. The molecule has 2 heterocycles. The van der Waals surface area contributed by atoms with Gasteiger partial charge in [-0.3, -0.25) is 4.98 Å². The van der Waals surface area contributed by atoms with Crippen LogP contribution in [0.5, 0.6) is 0 Å². The Morgan fingerprint density at radius 3 is 2.76 bits per heavy atom. The highest BCUT2D eigenvalue weighted by atomic mass is 16.3. The van der Waals surface area contributed by atoms with Gasteiger partial charge in [-0.2, -0.15) is 0 Å². The molecule has 1 unspecified atom stereocenters. The van der Waals surface area contributed by atoms with Crippen molar-refractivity contribution >= 4 is 5.69 Å². The number of aromatic nitrogens is 1. The maximum atomic E-state index is 10.0. The number of rotatable bonds is 2. The summed E-state index contributed by atoms with van der Waals surface area (Å²) in [6, 6.07) is 3.79. The Balaban J connectivity index is 2.12. The predicted molar refractivity (Wildman–Crippen MR) is 66.9 cm³/mol. The molecule has 1 saturated heterocycles. The third-order valence-corrected chi connectivity index (χ3v) is 3.24. The van der Waals surface area contributed by atoms with Gasteiger partial charge in [-0.15, -0.1) is 0 Å². The summed E-state index contributed by atoms with van der Waals surface area (Å²) in [5.41, 5.74) is 1.08. The van der Waals surface area contributed by atoms with E-state index < -0.39 is 11.7 Å². The van der Waals surface area contributed by atoms with Crippen molar-refractivity contribution < 1.29 is 10.2 Å². The number of hydrogen-bond donors (Lipinski definition) is 2. The molecular weight excluding hydrogens is 216 g/mol. The summed E-state index contributed by atoms with van der Waals surface area (Å²) in [6.45, 7) is 5.17. The minimum Gasteiger partial charge on any atom is -0.388 e. The van der Waals surface area contributed by atoms with E-state index in [9.17, 15) is 10.2 Å². The molecule has 2 atom stereocenters. The molecule has 1 aliphatic heterocycles. The summed E-state index contributed by atoms with van der Waals surface area (Å²) in [4.78, 5) is 6.37. The van der Waals surface area contributed by atoms with Gasteiger partial charge < -0.3 is 15.1 Å². The fourth-order valence-corrected chi connectivity index (χ4v) is 2.27. The van der Waals surface area contributed by atoms with Crippen LogP contribution in [0.3, 0.4) is 0 Å². The van der Waals surface area contributed by atoms with E-state index in [0.717, 1.165) is 25.1 Å². The van der Waals surface area contributed by atoms with E-state index in [1.807, 2.05) is 19.1 Å². The van der Waals surface area contributed by atoms with Gasteiger partial charge in [0.15, 0.2) is 0 Å². The second-order valence-corrected chi connectivity index (χ2v) is 5.14. The van der Waals surface area contributed by atoms with Gasteiger partial charge in [0.25, 0.3) is 0 Å². The normalized spacial score (nSPS) is 26.9. The van der Waals surface area contributed by atoms with E-state index in [0.29, 0.717) is 12.2 Å². The first-order chi connectivity index (χ1) is 7.98. The number of piperidine rings is 1. The molecule has 2 rings (SSSR count). The monoisotopic (exact) mass is 236 g/mol. The Bertz CT molecular complexity index is 374. The van der Waals surface area contributed by atoms with Crippen LogP contribution in [0.15, 0.2) is 18.3 Å². The van der Waals surface area contributed by atoms with Crippen molar-refractivity contribution in [3.8, 4) is 0 Å². The van der Waals surface area contributed by atoms with Gasteiger partial charge in [0, 0.05) is 13.1 Å². The number of pyridine rings is 1. The summed E-state index contributed by atoms with van der Waals surface area (Å²) in [5, 5.41) is 19.4. The molecule has 0 aromatic carbocycles. The van der Waals surface area contributed by atoms with E-state index in [4.69, 9.17) is 0 Å². The second-order valence-electron chi connectivity index (χ2n) is 5.14. The first-order valence-electron chi connectivity index (χ1n) is 6.09. The standard InChI is InChI=1S/C13H20N2O2/c1-10(16)12-5-4-11(8-14-12)15-7-3-6-13(2,17)9-15/h4-5,8,10,16-17H,3,6-7,9H2,1-2H3/t10-,13?/m1/s1. The van der Waals surface area contributed by atoms with Crippen molar-refractivity contribution in [2.24, 2.45) is 0 Å². The first kappa shape index (κ1) is 12.3. The lowest BCUT2D eigenvalue weighted by atomic mass is 9.95. The number of hydrogen-bond acceptors (Lipinski definition) is 4. The lowest BCUT2D eigenvalue weighted by Gasteiger charge is -2.38. The van der Waals surface area contributed by atoms with E-state index in [-0.39, 0.29) is 0 Å². The number of anilines is 1. The molecular formula is C13H20N2O2. The summed E-state index contributed by atoms with van der Waals surface area (Å²) < 4.78 is 0. The lowest BCUT2D eigenvalue weighted by Crippen LogP contribution is -2.46. The quantitative estimate of drug-likeness (QED) is 0.816. The minimum atomic E-state index is -0.610. The average Bonchev–Trinajstić information content (AvgIpc) is 2.28. The Morgan fingerprint density at radius 1 is 1.47 bits per heavy atom. The van der Waals surface area contributed by atoms with Crippen LogP contribution in [0.1, 0.15) is 38.5 Å². The molecule has 2 N–H and O–H groups in total. The van der Waals surface area contributed by atoms with Crippen LogP contribution in [0.2, 0.25) is 0 Å². The Hall–Kier alpha value is -1.13.